The number of hydrogen-bond acceptors (Lipinski definition) is 5. The standard InChI is InChI=1S/C13H20N4OS/c1-9-12(19-10(2)15-9)13(18)17-5-3-16(4-6-17)11-7-14-8-11/h11,14H,3-8H2,1-2H3. The van der Waals surface area contributed by atoms with Crippen molar-refractivity contribution in [2.75, 3.05) is 39.3 Å². The minimum Gasteiger partial charge on any atom is -0.335 e. The molecule has 1 aromatic rings. The van der Waals surface area contributed by atoms with Crippen LogP contribution in [-0.2, 0) is 0 Å². The number of hydrogen-bond donors (Lipinski definition) is 1. The number of aromatic nitrogens is 1. The molecule has 0 spiro atoms. The van der Waals surface area contributed by atoms with E-state index in [0.717, 1.165) is 54.8 Å². The molecule has 2 saturated heterocycles. The highest BCUT2D eigenvalue weighted by Gasteiger charge is 2.30. The van der Waals surface area contributed by atoms with Crippen molar-refractivity contribution >= 4 is 17.2 Å². The average molecular weight is 280 g/mol. The van der Waals surface area contributed by atoms with E-state index in [-0.39, 0.29) is 5.91 Å². The fourth-order valence-electron chi connectivity index (χ4n) is 2.70. The summed E-state index contributed by atoms with van der Waals surface area (Å²) in [6.45, 7) is 9.74. The van der Waals surface area contributed by atoms with Gasteiger partial charge in [0.25, 0.3) is 5.91 Å². The Morgan fingerprint density at radius 1 is 1.26 bits per heavy atom. The van der Waals surface area contributed by atoms with Crippen molar-refractivity contribution < 1.29 is 4.79 Å². The second-order valence-electron chi connectivity index (χ2n) is 5.29. The molecule has 104 valence electrons. The molecule has 3 rings (SSSR count). The van der Waals surface area contributed by atoms with Gasteiger partial charge in [-0.15, -0.1) is 11.3 Å². The van der Waals surface area contributed by atoms with Crippen LogP contribution in [0.1, 0.15) is 20.4 Å². The Morgan fingerprint density at radius 3 is 2.42 bits per heavy atom. The molecule has 1 amide bonds. The predicted molar refractivity (Wildman–Crippen MR) is 75.7 cm³/mol. The largest absolute Gasteiger partial charge is 0.335 e. The molecule has 0 radical (unpaired) electrons. The molecule has 0 bridgehead atoms. The van der Waals surface area contributed by atoms with Crippen LogP contribution in [0.15, 0.2) is 0 Å². The Kier molecular flexibility index (Phi) is 3.56. The first-order valence-electron chi connectivity index (χ1n) is 6.83. The van der Waals surface area contributed by atoms with E-state index in [2.05, 4.69) is 15.2 Å². The lowest BCUT2D eigenvalue weighted by Gasteiger charge is -2.43. The second-order valence-corrected chi connectivity index (χ2v) is 6.49. The Labute approximate surface area is 117 Å². The lowest BCUT2D eigenvalue weighted by molar-refractivity contribution is 0.0505. The molecular weight excluding hydrogens is 260 g/mol. The van der Waals surface area contributed by atoms with Crippen LogP contribution in [-0.4, -0.2) is 66.0 Å². The molecule has 1 aromatic heterocycles. The van der Waals surface area contributed by atoms with Gasteiger partial charge >= 0.3 is 0 Å². The molecular formula is C13H20N4OS. The van der Waals surface area contributed by atoms with Crippen molar-refractivity contribution in [3.63, 3.8) is 0 Å². The molecule has 0 unspecified atom stereocenters. The van der Waals surface area contributed by atoms with E-state index in [1.54, 1.807) is 0 Å². The van der Waals surface area contributed by atoms with E-state index >= 15 is 0 Å². The Hall–Kier alpha value is -0.980. The zero-order valence-electron chi connectivity index (χ0n) is 11.5. The third kappa shape index (κ3) is 2.52. The monoisotopic (exact) mass is 280 g/mol. The summed E-state index contributed by atoms with van der Waals surface area (Å²) in [5, 5.41) is 4.27. The normalized spacial score (nSPS) is 21.5. The molecule has 3 heterocycles. The molecule has 2 aliphatic heterocycles. The van der Waals surface area contributed by atoms with Crippen molar-refractivity contribution in [2.45, 2.75) is 19.9 Å². The molecule has 0 aliphatic carbocycles. The van der Waals surface area contributed by atoms with Gasteiger partial charge in [0.2, 0.25) is 0 Å². The highest BCUT2D eigenvalue weighted by molar-refractivity contribution is 7.13. The number of rotatable bonds is 2. The first kappa shape index (κ1) is 13.0. The van der Waals surface area contributed by atoms with Crippen LogP contribution in [0.3, 0.4) is 0 Å². The summed E-state index contributed by atoms with van der Waals surface area (Å²) >= 11 is 1.51. The van der Waals surface area contributed by atoms with E-state index in [1.807, 2.05) is 18.7 Å². The molecule has 0 aromatic carbocycles. The number of aryl methyl sites for hydroxylation is 2. The second kappa shape index (κ2) is 5.19. The third-order valence-electron chi connectivity index (χ3n) is 3.98. The van der Waals surface area contributed by atoms with Crippen LogP contribution in [0.4, 0.5) is 0 Å². The minimum atomic E-state index is 0.162. The number of carbonyl (C=O) groups is 1. The molecule has 2 fully saturated rings. The van der Waals surface area contributed by atoms with E-state index in [0.29, 0.717) is 6.04 Å². The van der Waals surface area contributed by atoms with Crippen LogP contribution in [0.2, 0.25) is 0 Å². The van der Waals surface area contributed by atoms with E-state index in [4.69, 9.17) is 0 Å². The van der Waals surface area contributed by atoms with Gasteiger partial charge in [-0.2, -0.15) is 0 Å². The lowest BCUT2D eigenvalue weighted by Crippen LogP contribution is -2.62. The van der Waals surface area contributed by atoms with Gasteiger partial charge < -0.3 is 10.2 Å². The van der Waals surface area contributed by atoms with Gasteiger partial charge in [0.1, 0.15) is 4.88 Å². The van der Waals surface area contributed by atoms with Gasteiger partial charge in [0.05, 0.1) is 10.7 Å². The summed E-state index contributed by atoms with van der Waals surface area (Å²) in [5.74, 6) is 0.162. The highest BCUT2D eigenvalue weighted by atomic mass is 32.1. The van der Waals surface area contributed by atoms with Crippen LogP contribution in [0.25, 0.3) is 0 Å². The summed E-state index contributed by atoms with van der Waals surface area (Å²) in [6, 6.07) is 0.685. The molecule has 6 heteroatoms. The first-order chi connectivity index (χ1) is 9.15. The van der Waals surface area contributed by atoms with Gasteiger partial charge in [-0.05, 0) is 13.8 Å². The summed E-state index contributed by atoms with van der Waals surface area (Å²) in [7, 11) is 0. The Balaban J connectivity index is 1.61. The fraction of sp³-hybridized carbons (Fsp3) is 0.692. The van der Waals surface area contributed by atoms with Gasteiger partial charge in [0, 0.05) is 45.3 Å². The summed E-state index contributed by atoms with van der Waals surface area (Å²) < 4.78 is 0. The summed E-state index contributed by atoms with van der Waals surface area (Å²) in [6.07, 6.45) is 0. The molecule has 2 aliphatic rings. The van der Waals surface area contributed by atoms with Crippen molar-refractivity contribution in [1.82, 2.24) is 20.1 Å². The van der Waals surface area contributed by atoms with Crippen molar-refractivity contribution in [2.24, 2.45) is 0 Å². The maximum Gasteiger partial charge on any atom is 0.265 e. The zero-order chi connectivity index (χ0) is 13.4. The maximum absolute atomic E-state index is 12.5. The molecule has 5 nitrogen and oxygen atoms in total. The lowest BCUT2D eigenvalue weighted by atomic mass is 10.1. The van der Waals surface area contributed by atoms with E-state index in [1.165, 1.54) is 11.3 Å². The van der Waals surface area contributed by atoms with Crippen LogP contribution < -0.4 is 5.32 Å². The maximum atomic E-state index is 12.5. The van der Waals surface area contributed by atoms with Crippen LogP contribution in [0.5, 0.6) is 0 Å². The Morgan fingerprint density at radius 2 is 1.95 bits per heavy atom. The van der Waals surface area contributed by atoms with Crippen molar-refractivity contribution in [3.05, 3.63) is 15.6 Å². The zero-order valence-corrected chi connectivity index (χ0v) is 12.3. The van der Waals surface area contributed by atoms with Crippen molar-refractivity contribution in [1.29, 1.82) is 0 Å². The smallest absolute Gasteiger partial charge is 0.265 e. The van der Waals surface area contributed by atoms with Gasteiger partial charge in [-0.1, -0.05) is 0 Å². The molecule has 0 saturated carbocycles. The molecule has 19 heavy (non-hydrogen) atoms. The number of nitrogens with one attached hydrogen (secondary N) is 1. The first-order valence-corrected chi connectivity index (χ1v) is 7.65. The summed E-state index contributed by atoms with van der Waals surface area (Å²) in [5.41, 5.74) is 0.873. The SMILES string of the molecule is Cc1nc(C)c(C(=O)N2CCN(C3CNC3)CC2)s1. The highest BCUT2D eigenvalue weighted by Crippen LogP contribution is 2.20. The number of nitrogens with zero attached hydrogens (tertiary/aromatic N) is 3. The van der Waals surface area contributed by atoms with Crippen LogP contribution >= 0.6 is 11.3 Å². The minimum absolute atomic E-state index is 0.162. The van der Waals surface area contributed by atoms with E-state index < -0.39 is 0 Å². The number of piperazine rings is 1. The fourth-order valence-corrected chi connectivity index (χ4v) is 3.58. The van der Waals surface area contributed by atoms with E-state index in [9.17, 15) is 4.79 Å². The Bertz CT molecular complexity index is 475. The topological polar surface area (TPSA) is 48.5 Å². The van der Waals surface area contributed by atoms with Crippen molar-refractivity contribution in [3.8, 4) is 0 Å². The summed E-state index contributed by atoms with van der Waals surface area (Å²) in [4.78, 5) is 22.1. The molecule has 0 atom stereocenters. The number of amides is 1. The van der Waals surface area contributed by atoms with Crippen LogP contribution in [0, 0.1) is 13.8 Å². The number of carbonyl (C=O) groups excluding carboxylic acids is 1. The van der Waals surface area contributed by atoms with Gasteiger partial charge in [-0.3, -0.25) is 9.69 Å². The third-order valence-corrected chi connectivity index (χ3v) is 5.04. The molecule has 1 N–H and O–H groups in total. The van der Waals surface area contributed by atoms with Gasteiger partial charge in [-0.25, -0.2) is 4.98 Å². The quantitative estimate of drug-likeness (QED) is 0.856. The predicted octanol–water partition coefficient (Wildman–Crippen LogP) is 0.490. The van der Waals surface area contributed by atoms with Gasteiger partial charge in [0.15, 0.2) is 0 Å². The number of thiazole rings is 1. The average Bonchev–Trinajstić information content (AvgIpc) is 2.66.